The molecular weight excluding hydrogens is 462 g/mol. The summed E-state index contributed by atoms with van der Waals surface area (Å²) >= 11 is 0. The lowest BCUT2D eigenvalue weighted by molar-refractivity contribution is -0.117. The molecule has 0 radical (unpaired) electrons. The van der Waals surface area contributed by atoms with Crippen LogP contribution in [0.4, 0.5) is 5.69 Å². The minimum Gasteiger partial charge on any atom is -0.497 e. The predicted molar refractivity (Wildman–Crippen MR) is 134 cm³/mol. The first-order valence-corrected chi connectivity index (χ1v) is 11.0. The molecule has 0 heterocycles. The fourth-order valence-corrected chi connectivity index (χ4v) is 2.95. The fourth-order valence-electron chi connectivity index (χ4n) is 2.95. The minimum absolute atomic E-state index is 0.136. The van der Waals surface area contributed by atoms with Crippen LogP contribution in [-0.2, 0) is 9.59 Å². The van der Waals surface area contributed by atoms with Gasteiger partial charge in [0.15, 0.2) is 0 Å². The predicted octanol–water partition coefficient (Wildman–Crippen LogP) is 3.74. The first-order chi connectivity index (χ1) is 17.4. The summed E-state index contributed by atoms with van der Waals surface area (Å²) in [6.07, 6.45) is 3.00. The number of ether oxygens (including phenoxy) is 2. The van der Waals surface area contributed by atoms with Gasteiger partial charge < -0.3 is 14.8 Å². The molecule has 3 amide bonds. The summed E-state index contributed by atoms with van der Waals surface area (Å²) in [5, 5.41) is 2.68. The molecule has 3 N–H and O–H groups in total. The Kier molecular flexibility index (Phi) is 8.94. The summed E-state index contributed by atoms with van der Waals surface area (Å²) in [5.74, 6) is -0.934. The second kappa shape index (κ2) is 12.5. The molecule has 3 aromatic carbocycles. The smallest absolute Gasteiger partial charge is 0.343 e. The molecule has 0 fully saturated rings. The van der Waals surface area contributed by atoms with Crippen LogP contribution in [0.25, 0.3) is 6.08 Å². The molecule has 0 saturated carbocycles. The standard InChI is InChI=1S/C27H25N3O6/c1-3-24(31)28-21-13-8-19(9-14-21)26(33)30-29-25(32)17-12-18-6-4-5-7-23(18)36-27(34)20-10-15-22(35-2)16-11-20/h4-17H,3H2,1-2H3,(H,28,31)(H,29,32)(H,30,33)/b17-12+. The van der Waals surface area contributed by atoms with Crippen LogP contribution in [0, 0.1) is 0 Å². The zero-order valence-corrected chi connectivity index (χ0v) is 19.7. The number of carbonyl (C=O) groups excluding carboxylic acids is 4. The highest BCUT2D eigenvalue weighted by Gasteiger charge is 2.11. The first-order valence-electron chi connectivity index (χ1n) is 11.0. The van der Waals surface area contributed by atoms with Crippen LogP contribution in [0.15, 0.2) is 78.9 Å². The van der Waals surface area contributed by atoms with Crippen LogP contribution in [0.5, 0.6) is 11.5 Å². The van der Waals surface area contributed by atoms with Gasteiger partial charge in [-0.05, 0) is 60.7 Å². The number of anilines is 1. The number of para-hydroxylation sites is 1. The van der Waals surface area contributed by atoms with E-state index in [9.17, 15) is 19.2 Å². The maximum atomic E-state index is 12.5. The van der Waals surface area contributed by atoms with E-state index in [2.05, 4.69) is 16.2 Å². The van der Waals surface area contributed by atoms with E-state index >= 15 is 0 Å². The number of rotatable bonds is 8. The molecule has 36 heavy (non-hydrogen) atoms. The average molecular weight is 488 g/mol. The molecule has 0 unspecified atom stereocenters. The van der Waals surface area contributed by atoms with Crippen molar-refractivity contribution in [2.45, 2.75) is 13.3 Å². The second-order valence-electron chi connectivity index (χ2n) is 7.41. The quantitative estimate of drug-likeness (QED) is 0.193. The highest BCUT2D eigenvalue weighted by molar-refractivity contribution is 5.99. The highest BCUT2D eigenvalue weighted by Crippen LogP contribution is 2.21. The zero-order valence-electron chi connectivity index (χ0n) is 19.7. The van der Waals surface area contributed by atoms with Crippen molar-refractivity contribution in [3.05, 3.63) is 95.6 Å². The number of benzene rings is 3. The number of hydrogen-bond acceptors (Lipinski definition) is 6. The monoisotopic (exact) mass is 487 g/mol. The topological polar surface area (TPSA) is 123 Å². The third-order valence-electron chi connectivity index (χ3n) is 4.91. The van der Waals surface area contributed by atoms with Crippen molar-refractivity contribution in [2.24, 2.45) is 0 Å². The zero-order chi connectivity index (χ0) is 25.9. The number of nitrogens with one attached hydrogen (secondary N) is 3. The van der Waals surface area contributed by atoms with Gasteiger partial charge in [0.25, 0.3) is 11.8 Å². The van der Waals surface area contributed by atoms with Crippen molar-refractivity contribution >= 4 is 35.5 Å². The van der Waals surface area contributed by atoms with E-state index < -0.39 is 17.8 Å². The Morgan fingerprint density at radius 1 is 0.833 bits per heavy atom. The highest BCUT2D eigenvalue weighted by atomic mass is 16.5. The van der Waals surface area contributed by atoms with E-state index in [1.54, 1.807) is 67.6 Å². The molecule has 0 saturated heterocycles. The van der Waals surface area contributed by atoms with Gasteiger partial charge >= 0.3 is 5.97 Å². The van der Waals surface area contributed by atoms with Crippen molar-refractivity contribution in [1.82, 2.24) is 10.9 Å². The molecule has 3 rings (SSSR count). The van der Waals surface area contributed by atoms with Crippen molar-refractivity contribution in [3.63, 3.8) is 0 Å². The Labute approximate surface area is 208 Å². The summed E-state index contributed by atoms with van der Waals surface area (Å²) in [6, 6.07) is 19.4. The third kappa shape index (κ3) is 7.29. The maximum Gasteiger partial charge on any atom is 0.343 e. The largest absolute Gasteiger partial charge is 0.497 e. The van der Waals surface area contributed by atoms with Crippen LogP contribution >= 0.6 is 0 Å². The summed E-state index contributed by atoms with van der Waals surface area (Å²) in [6.45, 7) is 1.74. The Morgan fingerprint density at radius 2 is 1.50 bits per heavy atom. The number of esters is 1. The van der Waals surface area contributed by atoms with Gasteiger partial charge in [-0.25, -0.2) is 4.79 Å². The molecule has 0 aliphatic heterocycles. The molecule has 9 nitrogen and oxygen atoms in total. The van der Waals surface area contributed by atoms with Crippen LogP contribution in [0.3, 0.4) is 0 Å². The SMILES string of the molecule is CCC(=O)Nc1ccc(C(=O)NNC(=O)/C=C/c2ccccc2OC(=O)c2ccc(OC)cc2)cc1. The van der Waals surface area contributed by atoms with Crippen LogP contribution in [0.2, 0.25) is 0 Å². The number of hydrazine groups is 1. The Bertz CT molecular complexity index is 1270. The summed E-state index contributed by atoms with van der Waals surface area (Å²) in [5.41, 5.74) is 6.30. The molecule has 0 atom stereocenters. The van der Waals surface area contributed by atoms with E-state index in [1.807, 2.05) is 0 Å². The fraction of sp³-hybridized carbons (Fsp3) is 0.111. The molecule has 0 spiro atoms. The van der Waals surface area contributed by atoms with E-state index in [-0.39, 0.29) is 11.7 Å². The Morgan fingerprint density at radius 3 is 2.17 bits per heavy atom. The molecule has 0 aromatic heterocycles. The van der Waals surface area contributed by atoms with E-state index in [0.29, 0.717) is 34.5 Å². The van der Waals surface area contributed by atoms with Gasteiger partial charge in [-0.3, -0.25) is 25.2 Å². The van der Waals surface area contributed by atoms with E-state index in [0.717, 1.165) is 0 Å². The molecule has 184 valence electrons. The van der Waals surface area contributed by atoms with Crippen molar-refractivity contribution in [3.8, 4) is 11.5 Å². The lowest BCUT2D eigenvalue weighted by Crippen LogP contribution is -2.40. The third-order valence-corrected chi connectivity index (χ3v) is 4.91. The average Bonchev–Trinajstić information content (AvgIpc) is 2.91. The molecule has 0 aliphatic carbocycles. The number of hydrogen-bond donors (Lipinski definition) is 3. The van der Waals surface area contributed by atoms with Crippen molar-refractivity contribution in [2.75, 3.05) is 12.4 Å². The van der Waals surface area contributed by atoms with Crippen LogP contribution < -0.4 is 25.6 Å². The molecule has 0 aliphatic rings. The summed E-state index contributed by atoms with van der Waals surface area (Å²) in [4.78, 5) is 48.4. The minimum atomic E-state index is -0.591. The van der Waals surface area contributed by atoms with Gasteiger partial charge in [0.1, 0.15) is 11.5 Å². The van der Waals surface area contributed by atoms with Gasteiger partial charge in [-0.2, -0.15) is 0 Å². The van der Waals surface area contributed by atoms with Gasteiger partial charge in [-0.1, -0.05) is 25.1 Å². The van der Waals surface area contributed by atoms with Gasteiger partial charge in [0, 0.05) is 29.3 Å². The number of methoxy groups -OCH3 is 1. The normalized spacial score (nSPS) is 10.4. The summed E-state index contributed by atoms with van der Waals surface area (Å²) in [7, 11) is 1.53. The van der Waals surface area contributed by atoms with E-state index in [1.165, 1.54) is 31.4 Å². The van der Waals surface area contributed by atoms with Gasteiger partial charge in [0.05, 0.1) is 12.7 Å². The van der Waals surface area contributed by atoms with Crippen LogP contribution in [-0.4, -0.2) is 30.8 Å². The summed E-state index contributed by atoms with van der Waals surface area (Å²) < 4.78 is 10.6. The molecule has 9 heteroatoms. The number of amides is 3. The maximum absolute atomic E-state index is 12.5. The van der Waals surface area contributed by atoms with Crippen molar-refractivity contribution in [1.29, 1.82) is 0 Å². The lowest BCUT2D eigenvalue weighted by atomic mass is 10.1. The second-order valence-corrected chi connectivity index (χ2v) is 7.41. The van der Waals surface area contributed by atoms with Crippen LogP contribution in [0.1, 0.15) is 39.6 Å². The lowest BCUT2D eigenvalue weighted by Gasteiger charge is -2.08. The molecule has 3 aromatic rings. The van der Waals surface area contributed by atoms with Gasteiger partial charge in [-0.15, -0.1) is 0 Å². The molecule has 0 bridgehead atoms. The van der Waals surface area contributed by atoms with Gasteiger partial charge in [0.2, 0.25) is 5.91 Å². The van der Waals surface area contributed by atoms with E-state index in [4.69, 9.17) is 9.47 Å². The van der Waals surface area contributed by atoms with Crippen molar-refractivity contribution < 1.29 is 28.7 Å². The first kappa shape index (κ1) is 25.7. The number of carbonyl (C=O) groups is 4. The Balaban J connectivity index is 1.56. The Hall–Kier alpha value is -4.92. The molecular formula is C27H25N3O6.